The number of hydrogen-bond acceptors (Lipinski definition) is 3. The molecule has 1 aromatic heterocycles. The van der Waals surface area contributed by atoms with Crippen molar-refractivity contribution in [3.05, 3.63) is 15.6 Å². The third-order valence-corrected chi connectivity index (χ3v) is 5.60. The van der Waals surface area contributed by atoms with Crippen LogP contribution in [0.15, 0.2) is 4.99 Å². The molecule has 0 atom stereocenters. The number of thiazole rings is 1. The van der Waals surface area contributed by atoms with Crippen molar-refractivity contribution in [1.82, 2.24) is 15.2 Å². The SMILES string of the molecule is CCNC(=NCCC1CC1)N(C)Cc1nc2c(s1)CCCC2.I. The predicted octanol–water partition coefficient (Wildman–Crippen LogP) is 3.84. The summed E-state index contributed by atoms with van der Waals surface area (Å²) in [4.78, 5) is 13.4. The zero-order chi connectivity index (χ0) is 15.4. The van der Waals surface area contributed by atoms with E-state index in [9.17, 15) is 0 Å². The fourth-order valence-electron chi connectivity index (χ4n) is 2.98. The Hall–Kier alpha value is -0.370. The molecule has 4 nitrogen and oxygen atoms in total. The van der Waals surface area contributed by atoms with Gasteiger partial charge in [0.1, 0.15) is 5.01 Å². The molecule has 3 rings (SSSR count). The summed E-state index contributed by atoms with van der Waals surface area (Å²) in [7, 11) is 2.12. The van der Waals surface area contributed by atoms with Crippen LogP contribution < -0.4 is 5.32 Å². The van der Waals surface area contributed by atoms with E-state index in [-0.39, 0.29) is 24.0 Å². The van der Waals surface area contributed by atoms with Crippen molar-refractivity contribution < 1.29 is 0 Å². The maximum absolute atomic E-state index is 4.85. The monoisotopic (exact) mass is 448 g/mol. The number of aliphatic imine (C=N–C) groups is 1. The Labute approximate surface area is 161 Å². The van der Waals surface area contributed by atoms with Crippen molar-refractivity contribution in [3.63, 3.8) is 0 Å². The van der Waals surface area contributed by atoms with Crippen molar-refractivity contribution in [1.29, 1.82) is 0 Å². The summed E-state index contributed by atoms with van der Waals surface area (Å²) in [5.74, 6) is 1.97. The normalized spacial score (nSPS) is 17.4. The molecule has 1 N–H and O–H groups in total. The number of hydrogen-bond donors (Lipinski definition) is 1. The van der Waals surface area contributed by atoms with Crippen LogP contribution in [0.25, 0.3) is 0 Å². The molecule has 1 fully saturated rings. The van der Waals surface area contributed by atoms with E-state index >= 15 is 0 Å². The number of nitrogens with zero attached hydrogens (tertiary/aromatic N) is 3. The van der Waals surface area contributed by atoms with E-state index in [1.165, 1.54) is 60.5 Å². The minimum Gasteiger partial charge on any atom is -0.357 e. The molecule has 23 heavy (non-hydrogen) atoms. The van der Waals surface area contributed by atoms with E-state index in [4.69, 9.17) is 9.98 Å². The zero-order valence-corrected chi connectivity index (χ0v) is 17.5. The second kappa shape index (κ2) is 9.20. The second-order valence-electron chi connectivity index (χ2n) is 6.51. The van der Waals surface area contributed by atoms with E-state index in [0.29, 0.717) is 0 Å². The van der Waals surface area contributed by atoms with E-state index in [1.54, 1.807) is 0 Å². The lowest BCUT2D eigenvalue weighted by Gasteiger charge is -2.21. The van der Waals surface area contributed by atoms with Gasteiger partial charge in [-0.3, -0.25) is 4.99 Å². The van der Waals surface area contributed by atoms with Gasteiger partial charge in [0.2, 0.25) is 0 Å². The van der Waals surface area contributed by atoms with Gasteiger partial charge in [-0.15, -0.1) is 35.3 Å². The Morgan fingerprint density at radius 2 is 2.13 bits per heavy atom. The molecule has 0 saturated heterocycles. The first-order valence-corrected chi connectivity index (χ1v) is 9.54. The molecule has 0 aromatic carbocycles. The lowest BCUT2D eigenvalue weighted by Crippen LogP contribution is -2.38. The Bertz CT molecular complexity index is 501. The Morgan fingerprint density at radius 1 is 1.35 bits per heavy atom. The molecule has 0 bridgehead atoms. The summed E-state index contributed by atoms with van der Waals surface area (Å²) in [6.07, 6.45) is 9.10. The van der Waals surface area contributed by atoms with Crippen LogP contribution in [-0.2, 0) is 19.4 Å². The van der Waals surface area contributed by atoms with Crippen LogP contribution in [0, 0.1) is 5.92 Å². The van der Waals surface area contributed by atoms with Crippen molar-refractivity contribution in [2.45, 2.75) is 58.4 Å². The summed E-state index contributed by atoms with van der Waals surface area (Å²) in [5.41, 5.74) is 1.36. The van der Waals surface area contributed by atoms with Crippen molar-refractivity contribution in [3.8, 4) is 0 Å². The zero-order valence-electron chi connectivity index (χ0n) is 14.3. The Morgan fingerprint density at radius 3 is 2.83 bits per heavy atom. The van der Waals surface area contributed by atoms with Crippen LogP contribution in [0.5, 0.6) is 0 Å². The molecule has 1 heterocycles. The summed E-state index contributed by atoms with van der Waals surface area (Å²) in [5, 5.41) is 4.65. The van der Waals surface area contributed by atoms with Gasteiger partial charge < -0.3 is 10.2 Å². The highest BCUT2D eigenvalue weighted by molar-refractivity contribution is 14.0. The highest BCUT2D eigenvalue weighted by Crippen LogP contribution is 2.32. The number of halogens is 1. The van der Waals surface area contributed by atoms with Crippen LogP contribution in [0.4, 0.5) is 0 Å². The van der Waals surface area contributed by atoms with E-state index in [0.717, 1.165) is 31.5 Å². The summed E-state index contributed by atoms with van der Waals surface area (Å²) < 4.78 is 0. The minimum atomic E-state index is 0. The first-order valence-electron chi connectivity index (χ1n) is 8.73. The van der Waals surface area contributed by atoms with Crippen LogP contribution >= 0.6 is 35.3 Å². The highest BCUT2D eigenvalue weighted by Gasteiger charge is 2.20. The maximum atomic E-state index is 4.85. The average molecular weight is 448 g/mol. The third kappa shape index (κ3) is 5.59. The first-order chi connectivity index (χ1) is 10.8. The van der Waals surface area contributed by atoms with Gasteiger partial charge in [-0.05, 0) is 44.9 Å². The van der Waals surface area contributed by atoms with Crippen molar-refractivity contribution in [2.75, 3.05) is 20.1 Å². The van der Waals surface area contributed by atoms with Gasteiger partial charge in [-0.25, -0.2) is 4.98 Å². The summed E-state index contributed by atoms with van der Waals surface area (Å²) in [6, 6.07) is 0. The topological polar surface area (TPSA) is 40.5 Å². The second-order valence-corrected chi connectivity index (χ2v) is 7.68. The number of guanidine groups is 1. The van der Waals surface area contributed by atoms with Crippen LogP contribution in [0.3, 0.4) is 0 Å². The molecular formula is C17H29IN4S. The number of nitrogens with one attached hydrogen (secondary N) is 1. The first kappa shape index (κ1) is 19.0. The molecule has 1 saturated carbocycles. The molecule has 0 amide bonds. The molecule has 1 aromatic rings. The average Bonchev–Trinajstić information content (AvgIpc) is 3.24. The highest BCUT2D eigenvalue weighted by atomic mass is 127. The summed E-state index contributed by atoms with van der Waals surface area (Å²) in [6.45, 7) is 4.87. The smallest absolute Gasteiger partial charge is 0.194 e. The minimum absolute atomic E-state index is 0. The maximum Gasteiger partial charge on any atom is 0.194 e. The Kier molecular flexibility index (Phi) is 7.59. The van der Waals surface area contributed by atoms with Crippen molar-refractivity contribution >= 4 is 41.3 Å². The van der Waals surface area contributed by atoms with Gasteiger partial charge in [0.05, 0.1) is 12.2 Å². The summed E-state index contributed by atoms with van der Waals surface area (Å²) >= 11 is 1.90. The standard InChI is InChI=1S/C17H28N4S.HI/c1-3-18-17(19-11-10-13-8-9-13)21(2)12-16-20-14-6-4-5-7-15(14)22-16;/h13H,3-12H2,1-2H3,(H,18,19);1H. The lowest BCUT2D eigenvalue weighted by molar-refractivity contribution is 0.474. The van der Waals surface area contributed by atoms with Crippen LogP contribution in [0.2, 0.25) is 0 Å². The fraction of sp³-hybridized carbons (Fsp3) is 0.765. The number of aromatic nitrogens is 1. The molecule has 6 heteroatoms. The number of rotatable bonds is 6. The van der Waals surface area contributed by atoms with Gasteiger partial charge in [-0.1, -0.05) is 12.8 Å². The van der Waals surface area contributed by atoms with Gasteiger partial charge in [0.25, 0.3) is 0 Å². The third-order valence-electron chi connectivity index (χ3n) is 4.45. The van der Waals surface area contributed by atoms with Gasteiger partial charge in [0.15, 0.2) is 5.96 Å². The van der Waals surface area contributed by atoms with Gasteiger partial charge in [0, 0.05) is 25.0 Å². The largest absolute Gasteiger partial charge is 0.357 e. The fourth-order valence-corrected chi connectivity index (χ4v) is 4.19. The molecule has 130 valence electrons. The molecule has 0 aliphatic heterocycles. The van der Waals surface area contributed by atoms with Crippen LogP contribution in [0.1, 0.15) is 54.6 Å². The molecule has 2 aliphatic rings. The molecular weight excluding hydrogens is 419 g/mol. The molecule has 0 radical (unpaired) electrons. The van der Waals surface area contributed by atoms with E-state index in [1.807, 2.05) is 11.3 Å². The Balaban J connectivity index is 0.00000192. The van der Waals surface area contributed by atoms with Gasteiger partial charge >= 0.3 is 0 Å². The molecule has 2 aliphatic carbocycles. The lowest BCUT2D eigenvalue weighted by atomic mass is 10.0. The number of fused-ring (bicyclic) bond motifs is 1. The van der Waals surface area contributed by atoms with Crippen molar-refractivity contribution in [2.24, 2.45) is 10.9 Å². The predicted molar refractivity (Wildman–Crippen MR) is 109 cm³/mol. The molecule has 0 spiro atoms. The van der Waals surface area contributed by atoms with E-state index in [2.05, 4.69) is 24.2 Å². The van der Waals surface area contributed by atoms with Gasteiger partial charge in [-0.2, -0.15) is 0 Å². The van der Waals surface area contributed by atoms with E-state index < -0.39 is 0 Å². The molecule has 0 unspecified atom stereocenters. The quantitative estimate of drug-likeness (QED) is 0.409. The van der Waals surface area contributed by atoms with Crippen LogP contribution in [-0.4, -0.2) is 36.0 Å². The number of aryl methyl sites for hydroxylation is 2.